The summed E-state index contributed by atoms with van der Waals surface area (Å²) in [6.45, 7) is 1.82. The standard InChI is InChI=1S/C17H16N4O3S3/c1-10-20-21-16(27-10)19-15(23)7-12-8-25-17(18-12)26-9-14(22)11-3-5-13(24-2)6-4-11/h3-6,8H,7,9H2,1-2H3,(H,19,21,23). The number of aryl methyl sites for hydroxylation is 1. The van der Waals surface area contributed by atoms with Crippen LogP contribution in [0.15, 0.2) is 34.0 Å². The van der Waals surface area contributed by atoms with E-state index in [1.807, 2.05) is 12.3 Å². The van der Waals surface area contributed by atoms with Crippen LogP contribution in [0.5, 0.6) is 5.75 Å². The van der Waals surface area contributed by atoms with Gasteiger partial charge in [0.05, 0.1) is 25.0 Å². The van der Waals surface area contributed by atoms with Gasteiger partial charge in [-0.25, -0.2) is 4.98 Å². The van der Waals surface area contributed by atoms with E-state index in [1.54, 1.807) is 31.4 Å². The second-order valence-corrected chi connectivity index (χ2v) is 8.66. The molecule has 0 saturated carbocycles. The molecule has 140 valence electrons. The lowest BCUT2D eigenvalue weighted by molar-refractivity contribution is -0.115. The van der Waals surface area contributed by atoms with Crippen LogP contribution in [0.4, 0.5) is 5.13 Å². The summed E-state index contributed by atoms with van der Waals surface area (Å²) in [5, 5.41) is 13.5. The fourth-order valence-electron chi connectivity index (χ4n) is 2.10. The number of hydrogen-bond donors (Lipinski definition) is 1. The number of carbonyl (C=O) groups is 2. The third kappa shape index (κ3) is 5.59. The highest BCUT2D eigenvalue weighted by molar-refractivity contribution is 8.01. The van der Waals surface area contributed by atoms with E-state index in [4.69, 9.17) is 4.74 Å². The van der Waals surface area contributed by atoms with Gasteiger partial charge in [0.25, 0.3) is 0 Å². The van der Waals surface area contributed by atoms with E-state index in [0.29, 0.717) is 22.1 Å². The average molecular weight is 421 g/mol. The summed E-state index contributed by atoms with van der Waals surface area (Å²) in [6, 6.07) is 7.01. The van der Waals surface area contributed by atoms with Crippen molar-refractivity contribution in [3.05, 3.63) is 45.9 Å². The van der Waals surface area contributed by atoms with Crippen LogP contribution in [0.25, 0.3) is 0 Å². The van der Waals surface area contributed by atoms with Gasteiger partial charge >= 0.3 is 0 Å². The highest BCUT2D eigenvalue weighted by Crippen LogP contribution is 2.24. The zero-order valence-electron chi connectivity index (χ0n) is 14.6. The molecule has 0 unspecified atom stereocenters. The molecule has 0 aliphatic carbocycles. The van der Waals surface area contributed by atoms with E-state index in [2.05, 4.69) is 20.5 Å². The summed E-state index contributed by atoms with van der Waals surface area (Å²) in [7, 11) is 1.59. The van der Waals surface area contributed by atoms with Gasteiger partial charge < -0.3 is 10.1 Å². The molecular weight excluding hydrogens is 404 g/mol. The van der Waals surface area contributed by atoms with E-state index in [9.17, 15) is 9.59 Å². The smallest absolute Gasteiger partial charge is 0.232 e. The molecule has 0 bridgehead atoms. The van der Waals surface area contributed by atoms with Crippen LogP contribution in [-0.2, 0) is 11.2 Å². The van der Waals surface area contributed by atoms with E-state index in [-0.39, 0.29) is 23.9 Å². The molecule has 7 nitrogen and oxygen atoms in total. The molecule has 0 saturated heterocycles. The van der Waals surface area contributed by atoms with Gasteiger partial charge in [-0.2, -0.15) is 0 Å². The summed E-state index contributed by atoms with van der Waals surface area (Å²) in [4.78, 5) is 28.7. The number of carbonyl (C=O) groups excluding carboxylic acids is 2. The first-order valence-corrected chi connectivity index (χ1v) is 10.6. The van der Waals surface area contributed by atoms with Crippen LogP contribution in [-0.4, -0.2) is 39.7 Å². The molecule has 27 heavy (non-hydrogen) atoms. The summed E-state index contributed by atoms with van der Waals surface area (Å²) in [5.41, 5.74) is 1.30. The van der Waals surface area contributed by atoms with Crippen LogP contribution in [0.2, 0.25) is 0 Å². The maximum Gasteiger partial charge on any atom is 0.232 e. The Hall–Kier alpha value is -2.30. The zero-order chi connectivity index (χ0) is 19.2. The quantitative estimate of drug-likeness (QED) is 0.440. The van der Waals surface area contributed by atoms with Crippen molar-refractivity contribution in [2.45, 2.75) is 17.7 Å². The first kappa shape index (κ1) is 19.5. The van der Waals surface area contributed by atoms with Gasteiger partial charge in [0.15, 0.2) is 10.1 Å². The first-order valence-electron chi connectivity index (χ1n) is 7.88. The number of nitrogens with zero attached hydrogens (tertiary/aromatic N) is 3. The lowest BCUT2D eigenvalue weighted by Crippen LogP contribution is -2.14. The molecule has 10 heteroatoms. The molecule has 2 heterocycles. The molecule has 0 aliphatic heterocycles. The van der Waals surface area contributed by atoms with Gasteiger partial charge in [0, 0.05) is 10.9 Å². The second kappa shape index (κ2) is 9.07. The Bertz CT molecular complexity index is 937. The Kier molecular flexibility index (Phi) is 6.54. The Morgan fingerprint density at radius 3 is 2.67 bits per heavy atom. The van der Waals surface area contributed by atoms with Gasteiger partial charge in [0.2, 0.25) is 11.0 Å². The molecule has 0 radical (unpaired) electrons. The number of aromatic nitrogens is 3. The van der Waals surface area contributed by atoms with Crippen molar-refractivity contribution in [3.8, 4) is 5.75 Å². The van der Waals surface area contributed by atoms with Crippen LogP contribution in [0.3, 0.4) is 0 Å². The Morgan fingerprint density at radius 1 is 1.22 bits per heavy atom. The fraction of sp³-hybridized carbons (Fsp3) is 0.235. The van der Waals surface area contributed by atoms with Gasteiger partial charge in [-0.15, -0.1) is 21.5 Å². The van der Waals surface area contributed by atoms with Gasteiger partial charge in [-0.05, 0) is 31.2 Å². The van der Waals surface area contributed by atoms with Crippen molar-refractivity contribution >= 4 is 51.3 Å². The highest BCUT2D eigenvalue weighted by Gasteiger charge is 2.12. The first-order chi connectivity index (χ1) is 13.0. The number of rotatable bonds is 8. The maximum absolute atomic E-state index is 12.2. The number of ketones is 1. The number of ether oxygens (including phenoxy) is 1. The summed E-state index contributed by atoms with van der Waals surface area (Å²) in [5.74, 6) is 0.826. The molecule has 0 fully saturated rings. The molecule has 0 atom stereocenters. The SMILES string of the molecule is COc1ccc(C(=O)CSc2nc(CC(=O)Nc3nnc(C)s3)cs2)cc1. The number of amides is 1. The number of anilines is 1. The lowest BCUT2D eigenvalue weighted by atomic mass is 10.1. The number of benzene rings is 1. The molecule has 1 N–H and O–H groups in total. The minimum Gasteiger partial charge on any atom is -0.497 e. The van der Waals surface area contributed by atoms with Crippen LogP contribution < -0.4 is 10.1 Å². The van der Waals surface area contributed by atoms with Crippen LogP contribution in [0.1, 0.15) is 21.1 Å². The van der Waals surface area contributed by atoms with Gasteiger partial charge in [0.1, 0.15) is 10.8 Å². The van der Waals surface area contributed by atoms with Crippen molar-refractivity contribution in [2.75, 3.05) is 18.2 Å². The molecular formula is C17H16N4O3S3. The molecule has 2 aromatic heterocycles. The van der Waals surface area contributed by atoms with Crippen molar-refractivity contribution in [2.24, 2.45) is 0 Å². The topological polar surface area (TPSA) is 94.1 Å². The number of nitrogens with one attached hydrogen (secondary N) is 1. The lowest BCUT2D eigenvalue weighted by Gasteiger charge is -2.02. The highest BCUT2D eigenvalue weighted by atomic mass is 32.2. The van der Waals surface area contributed by atoms with E-state index in [0.717, 1.165) is 9.35 Å². The van der Waals surface area contributed by atoms with Gasteiger partial charge in [-0.3, -0.25) is 9.59 Å². The van der Waals surface area contributed by atoms with E-state index in [1.165, 1.54) is 34.4 Å². The molecule has 3 rings (SSSR count). The molecule has 1 amide bonds. The average Bonchev–Trinajstić information content (AvgIpc) is 3.28. The number of thiazole rings is 1. The Balaban J connectivity index is 1.49. The number of hydrogen-bond acceptors (Lipinski definition) is 9. The van der Waals surface area contributed by atoms with Crippen LogP contribution >= 0.6 is 34.4 Å². The minimum absolute atomic E-state index is 0.0174. The van der Waals surface area contributed by atoms with Crippen molar-refractivity contribution in [3.63, 3.8) is 0 Å². The third-order valence-electron chi connectivity index (χ3n) is 3.38. The third-order valence-corrected chi connectivity index (χ3v) is 6.21. The normalized spacial score (nSPS) is 10.6. The number of Topliss-reactive ketones (excluding diaryl/α,β-unsaturated/α-hetero) is 1. The van der Waals surface area contributed by atoms with E-state index < -0.39 is 0 Å². The monoisotopic (exact) mass is 420 g/mol. The number of thioether (sulfide) groups is 1. The predicted octanol–water partition coefficient (Wildman–Crippen LogP) is 3.47. The number of methoxy groups -OCH3 is 1. The molecule has 0 spiro atoms. The van der Waals surface area contributed by atoms with Gasteiger partial charge in [-0.1, -0.05) is 23.1 Å². The van der Waals surface area contributed by atoms with Crippen LogP contribution in [0, 0.1) is 6.92 Å². The van der Waals surface area contributed by atoms with Crippen molar-refractivity contribution in [1.29, 1.82) is 0 Å². The largest absolute Gasteiger partial charge is 0.497 e. The maximum atomic E-state index is 12.2. The second-order valence-electron chi connectivity index (χ2n) is 5.40. The molecule has 0 aliphatic rings. The molecule has 3 aromatic rings. The predicted molar refractivity (Wildman–Crippen MR) is 107 cm³/mol. The Morgan fingerprint density at radius 2 is 2.00 bits per heavy atom. The zero-order valence-corrected chi connectivity index (χ0v) is 17.0. The Labute approximate surface area is 168 Å². The fourth-order valence-corrected chi connectivity index (χ4v) is 4.45. The summed E-state index contributed by atoms with van der Waals surface area (Å²) >= 11 is 4.10. The summed E-state index contributed by atoms with van der Waals surface area (Å²) in [6.07, 6.45) is 0.155. The minimum atomic E-state index is -0.192. The van der Waals surface area contributed by atoms with Crippen molar-refractivity contribution in [1.82, 2.24) is 15.2 Å². The summed E-state index contributed by atoms with van der Waals surface area (Å²) < 4.78 is 5.84. The van der Waals surface area contributed by atoms with Crippen molar-refractivity contribution < 1.29 is 14.3 Å². The van der Waals surface area contributed by atoms with E-state index >= 15 is 0 Å². The molecule has 1 aromatic carbocycles.